The topological polar surface area (TPSA) is 56.7 Å². The number of benzene rings is 1. The Kier molecular flexibility index (Phi) is 4.25. The monoisotopic (exact) mass is 401 g/mol. The third kappa shape index (κ3) is 2.64. The van der Waals surface area contributed by atoms with Crippen LogP contribution in [0, 0.1) is 5.92 Å². The van der Waals surface area contributed by atoms with E-state index in [1.54, 1.807) is 12.3 Å². The largest absolute Gasteiger partial charge is 0.394 e. The van der Waals surface area contributed by atoms with Gasteiger partial charge in [0.1, 0.15) is 5.69 Å². The van der Waals surface area contributed by atoms with Crippen LogP contribution in [0.5, 0.6) is 0 Å². The highest BCUT2D eigenvalue weighted by Gasteiger charge is 2.47. The van der Waals surface area contributed by atoms with Crippen LogP contribution in [-0.2, 0) is 0 Å². The number of hydrogen-bond acceptors (Lipinski definition) is 4. The fourth-order valence-corrected chi connectivity index (χ4v) is 4.67. The number of likely N-dealkylation sites (N-methyl/N-ethyl adjacent to an activating group) is 1. The number of rotatable bonds is 2. The summed E-state index contributed by atoms with van der Waals surface area (Å²) in [6, 6.07) is 11.5. The number of aliphatic hydroxyl groups excluding tert-OH is 1. The van der Waals surface area contributed by atoms with Crippen molar-refractivity contribution in [3.63, 3.8) is 0 Å². The number of aliphatic hydroxyl groups is 1. The van der Waals surface area contributed by atoms with Crippen molar-refractivity contribution in [2.75, 3.05) is 25.1 Å². The van der Waals surface area contributed by atoms with Crippen molar-refractivity contribution >= 4 is 27.5 Å². The zero-order valence-corrected chi connectivity index (χ0v) is 15.6. The van der Waals surface area contributed by atoms with E-state index >= 15 is 0 Å². The van der Waals surface area contributed by atoms with Gasteiger partial charge in [-0.1, -0.05) is 22.0 Å². The van der Waals surface area contributed by atoms with Crippen molar-refractivity contribution in [2.45, 2.75) is 18.5 Å². The molecule has 130 valence electrons. The third-order valence-electron chi connectivity index (χ3n) is 5.46. The van der Waals surface area contributed by atoms with E-state index in [0.29, 0.717) is 12.2 Å². The van der Waals surface area contributed by atoms with Gasteiger partial charge in [-0.15, -0.1) is 0 Å². The Morgan fingerprint density at radius 1 is 1.36 bits per heavy atom. The van der Waals surface area contributed by atoms with Crippen LogP contribution in [0.15, 0.2) is 47.1 Å². The molecule has 0 saturated carbocycles. The molecule has 3 atom stereocenters. The number of amides is 1. The van der Waals surface area contributed by atoms with Gasteiger partial charge in [0.05, 0.1) is 18.7 Å². The molecule has 1 saturated heterocycles. The minimum Gasteiger partial charge on any atom is -0.394 e. The first kappa shape index (κ1) is 16.5. The van der Waals surface area contributed by atoms with E-state index in [9.17, 15) is 9.90 Å². The number of carbonyl (C=O) groups is 1. The summed E-state index contributed by atoms with van der Waals surface area (Å²) in [5, 5.41) is 9.96. The van der Waals surface area contributed by atoms with E-state index in [4.69, 9.17) is 0 Å². The van der Waals surface area contributed by atoms with E-state index in [0.717, 1.165) is 22.1 Å². The second-order valence-electron chi connectivity index (χ2n) is 6.67. The number of pyridine rings is 1. The van der Waals surface area contributed by atoms with Crippen molar-refractivity contribution in [1.29, 1.82) is 0 Å². The van der Waals surface area contributed by atoms with Gasteiger partial charge in [-0.25, -0.2) is 0 Å². The Morgan fingerprint density at radius 3 is 2.92 bits per heavy atom. The standard InChI is InChI=1S/C19H20BrN3O2/c1-22-16-6-5-12(20)10-14(16)18-13(17(22)11-24)7-9-23(18)19(25)15-4-2-3-8-21-15/h2-6,8,10,13,17-18,24H,7,9,11H2,1H3/t13-,17-,18-/m1/s1. The summed E-state index contributed by atoms with van der Waals surface area (Å²) in [7, 11) is 2.02. The highest BCUT2D eigenvalue weighted by atomic mass is 79.9. The Labute approximate surface area is 155 Å². The maximum absolute atomic E-state index is 13.0. The molecule has 0 spiro atoms. The molecule has 25 heavy (non-hydrogen) atoms. The maximum Gasteiger partial charge on any atom is 0.272 e. The fraction of sp³-hybridized carbons (Fsp3) is 0.368. The number of carbonyl (C=O) groups excluding carboxylic acids is 1. The molecule has 0 bridgehead atoms. The molecule has 1 aromatic carbocycles. The van der Waals surface area contributed by atoms with Crippen LogP contribution < -0.4 is 4.90 Å². The molecule has 1 fully saturated rings. The molecule has 2 aromatic rings. The summed E-state index contributed by atoms with van der Waals surface area (Å²) in [4.78, 5) is 21.4. The quantitative estimate of drug-likeness (QED) is 0.840. The number of hydrogen-bond donors (Lipinski definition) is 1. The molecule has 0 aliphatic carbocycles. The molecule has 4 rings (SSSR count). The van der Waals surface area contributed by atoms with Crippen molar-refractivity contribution in [1.82, 2.24) is 9.88 Å². The number of halogens is 1. The summed E-state index contributed by atoms with van der Waals surface area (Å²) in [5.74, 6) is 0.171. The Morgan fingerprint density at radius 2 is 2.20 bits per heavy atom. The Hall–Kier alpha value is -1.92. The summed E-state index contributed by atoms with van der Waals surface area (Å²) in [6.07, 6.45) is 2.53. The van der Waals surface area contributed by atoms with Crippen molar-refractivity contribution < 1.29 is 9.90 Å². The van der Waals surface area contributed by atoms with Gasteiger partial charge in [0.25, 0.3) is 5.91 Å². The summed E-state index contributed by atoms with van der Waals surface area (Å²) in [6.45, 7) is 0.764. The maximum atomic E-state index is 13.0. The van der Waals surface area contributed by atoms with Crippen molar-refractivity contribution in [2.24, 2.45) is 5.92 Å². The lowest BCUT2D eigenvalue weighted by Gasteiger charge is -2.44. The SMILES string of the molecule is CN1c2ccc(Br)cc2[C@H]2[C@H](CCN2C(=O)c2ccccn2)[C@H]1CO. The summed E-state index contributed by atoms with van der Waals surface area (Å²) >= 11 is 3.56. The van der Waals surface area contributed by atoms with Crippen LogP contribution in [-0.4, -0.2) is 47.1 Å². The van der Waals surface area contributed by atoms with Gasteiger partial charge in [0, 0.05) is 35.9 Å². The number of likely N-dealkylation sites (tertiary alicyclic amines) is 1. The van der Waals surface area contributed by atoms with E-state index in [1.807, 2.05) is 30.1 Å². The van der Waals surface area contributed by atoms with Gasteiger partial charge < -0.3 is 14.9 Å². The second-order valence-corrected chi connectivity index (χ2v) is 7.59. The lowest BCUT2D eigenvalue weighted by molar-refractivity contribution is 0.0688. The van der Waals surface area contributed by atoms with Crippen molar-refractivity contribution in [3.05, 3.63) is 58.3 Å². The second kappa shape index (κ2) is 6.42. The molecule has 2 aliphatic rings. The van der Waals surface area contributed by atoms with Gasteiger partial charge in [-0.05, 0) is 42.3 Å². The smallest absolute Gasteiger partial charge is 0.272 e. The van der Waals surface area contributed by atoms with E-state index < -0.39 is 0 Å². The molecule has 0 radical (unpaired) electrons. The predicted molar refractivity (Wildman–Crippen MR) is 99.5 cm³/mol. The van der Waals surface area contributed by atoms with E-state index in [1.165, 1.54) is 0 Å². The fourth-order valence-electron chi connectivity index (χ4n) is 4.29. The van der Waals surface area contributed by atoms with Gasteiger partial charge in [-0.3, -0.25) is 9.78 Å². The molecular weight excluding hydrogens is 382 g/mol. The molecule has 1 N–H and O–H groups in total. The predicted octanol–water partition coefficient (Wildman–Crippen LogP) is 2.86. The first-order valence-electron chi connectivity index (χ1n) is 8.47. The Bertz CT molecular complexity index is 799. The zero-order valence-electron chi connectivity index (χ0n) is 14.0. The highest BCUT2D eigenvalue weighted by molar-refractivity contribution is 9.10. The average Bonchev–Trinajstić information content (AvgIpc) is 3.07. The molecule has 3 heterocycles. The number of anilines is 1. The number of aromatic nitrogens is 1. The first-order chi connectivity index (χ1) is 12.1. The minimum atomic E-state index is -0.0414. The normalized spacial score (nSPS) is 24.8. The van der Waals surface area contributed by atoms with Gasteiger partial charge in [0.15, 0.2) is 0 Å². The van der Waals surface area contributed by atoms with Crippen LogP contribution in [0.3, 0.4) is 0 Å². The van der Waals surface area contributed by atoms with Crippen LogP contribution in [0.1, 0.15) is 28.5 Å². The molecule has 1 aromatic heterocycles. The van der Waals surface area contributed by atoms with Crippen LogP contribution in [0.2, 0.25) is 0 Å². The average molecular weight is 402 g/mol. The van der Waals surface area contributed by atoms with Gasteiger partial charge in [-0.2, -0.15) is 0 Å². The zero-order chi connectivity index (χ0) is 17.6. The third-order valence-corrected chi connectivity index (χ3v) is 5.95. The minimum absolute atomic E-state index is 0.0141. The molecule has 0 unspecified atom stereocenters. The molecule has 1 amide bonds. The molecule has 5 nitrogen and oxygen atoms in total. The highest BCUT2D eigenvalue weighted by Crippen LogP contribution is 2.49. The van der Waals surface area contributed by atoms with E-state index in [2.05, 4.69) is 37.9 Å². The number of nitrogens with zero attached hydrogens (tertiary/aromatic N) is 3. The molecular formula is C19H20BrN3O2. The molecule has 2 aliphatic heterocycles. The number of fused-ring (bicyclic) bond motifs is 3. The Balaban J connectivity index is 1.79. The van der Waals surface area contributed by atoms with Gasteiger partial charge in [0.2, 0.25) is 0 Å². The van der Waals surface area contributed by atoms with Crippen LogP contribution in [0.4, 0.5) is 5.69 Å². The lowest BCUT2D eigenvalue weighted by Crippen LogP contribution is -2.48. The first-order valence-corrected chi connectivity index (χ1v) is 9.26. The molecule has 6 heteroatoms. The summed E-state index contributed by atoms with van der Waals surface area (Å²) < 4.78 is 0.998. The van der Waals surface area contributed by atoms with Crippen molar-refractivity contribution in [3.8, 4) is 0 Å². The lowest BCUT2D eigenvalue weighted by atomic mass is 9.82. The van der Waals surface area contributed by atoms with E-state index in [-0.39, 0.29) is 30.5 Å². The van der Waals surface area contributed by atoms with Crippen LogP contribution >= 0.6 is 15.9 Å². The summed E-state index contributed by atoms with van der Waals surface area (Å²) in [5.41, 5.74) is 2.68. The van der Waals surface area contributed by atoms with Gasteiger partial charge >= 0.3 is 0 Å². The van der Waals surface area contributed by atoms with Crippen LogP contribution in [0.25, 0.3) is 0 Å².